The van der Waals surface area contributed by atoms with Crippen LogP contribution in [0.4, 0.5) is 0 Å². The molecule has 0 unspecified atom stereocenters. The minimum atomic E-state index is -0.760. The van der Waals surface area contributed by atoms with Gasteiger partial charge in [-0.3, -0.25) is 0 Å². The summed E-state index contributed by atoms with van der Waals surface area (Å²) in [5.74, 6) is 5.42. The van der Waals surface area contributed by atoms with E-state index in [1.54, 1.807) is 13.8 Å². The highest BCUT2D eigenvalue weighted by atomic mass is 16.3. The molecule has 0 spiro atoms. The molecular formula is C8H14O. The lowest BCUT2D eigenvalue weighted by Gasteiger charge is -2.13. The summed E-state index contributed by atoms with van der Waals surface area (Å²) in [6.07, 6.45) is 1.73. The van der Waals surface area contributed by atoms with Crippen LogP contribution in [-0.2, 0) is 0 Å². The van der Waals surface area contributed by atoms with E-state index < -0.39 is 5.60 Å². The van der Waals surface area contributed by atoms with Gasteiger partial charge in [-0.1, -0.05) is 19.3 Å². The zero-order valence-corrected chi connectivity index (χ0v) is 6.36. The summed E-state index contributed by atoms with van der Waals surface area (Å²) in [6.45, 7) is 5.52. The minimum Gasteiger partial charge on any atom is -0.378 e. The molecule has 0 aliphatic carbocycles. The zero-order chi connectivity index (χ0) is 7.33. The maximum Gasteiger partial charge on any atom is 0.122 e. The molecule has 1 heteroatoms. The maximum atomic E-state index is 9.34. The van der Waals surface area contributed by atoms with Crippen molar-refractivity contribution < 1.29 is 5.11 Å². The Morgan fingerprint density at radius 3 is 2.44 bits per heavy atom. The van der Waals surface area contributed by atoms with E-state index in [-0.39, 0.29) is 0 Å². The van der Waals surface area contributed by atoms with E-state index in [4.69, 9.17) is 0 Å². The molecule has 1 N–H and O–H groups in total. The van der Waals surface area contributed by atoms with Crippen LogP contribution in [0, 0.1) is 11.8 Å². The summed E-state index contributed by atoms with van der Waals surface area (Å²) in [5, 5.41) is 9.34. The predicted octanol–water partition coefficient (Wildman–Crippen LogP) is 1.56. The summed E-state index contributed by atoms with van der Waals surface area (Å²) in [7, 11) is 0. The molecule has 0 saturated heterocycles. The van der Waals surface area contributed by atoms with Gasteiger partial charge in [0.15, 0.2) is 0 Å². The van der Waals surface area contributed by atoms with Crippen molar-refractivity contribution >= 4 is 0 Å². The SMILES string of the molecule is CC#C[C@@](C)(O)CCC. The van der Waals surface area contributed by atoms with Gasteiger partial charge >= 0.3 is 0 Å². The van der Waals surface area contributed by atoms with Gasteiger partial charge in [0.2, 0.25) is 0 Å². The van der Waals surface area contributed by atoms with Crippen LogP contribution >= 0.6 is 0 Å². The van der Waals surface area contributed by atoms with Gasteiger partial charge in [-0.15, -0.1) is 5.92 Å². The van der Waals surface area contributed by atoms with Crippen molar-refractivity contribution in [2.45, 2.75) is 39.2 Å². The van der Waals surface area contributed by atoms with Crippen LogP contribution < -0.4 is 0 Å². The van der Waals surface area contributed by atoms with Crippen molar-refractivity contribution in [3.05, 3.63) is 0 Å². The van der Waals surface area contributed by atoms with Crippen LogP contribution in [0.2, 0.25) is 0 Å². The largest absolute Gasteiger partial charge is 0.378 e. The van der Waals surface area contributed by atoms with Gasteiger partial charge in [0.1, 0.15) is 5.60 Å². The van der Waals surface area contributed by atoms with E-state index >= 15 is 0 Å². The molecule has 0 amide bonds. The summed E-state index contributed by atoms with van der Waals surface area (Å²) >= 11 is 0. The standard InChI is InChI=1S/C8H14O/c1-4-6-8(3,9)7-5-2/h9H,4,6H2,1-3H3/t8-/m0/s1. The fraction of sp³-hybridized carbons (Fsp3) is 0.750. The third kappa shape index (κ3) is 4.05. The highest BCUT2D eigenvalue weighted by Crippen LogP contribution is 2.08. The zero-order valence-electron chi connectivity index (χ0n) is 6.36. The van der Waals surface area contributed by atoms with Crippen LogP contribution in [0.5, 0.6) is 0 Å². The molecule has 0 aromatic carbocycles. The fourth-order valence-electron chi connectivity index (χ4n) is 0.819. The molecule has 0 aromatic heterocycles. The molecule has 0 fully saturated rings. The molecule has 0 radical (unpaired) electrons. The van der Waals surface area contributed by atoms with Gasteiger partial charge in [0, 0.05) is 0 Å². The Bertz CT molecular complexity index is 125. The summed E-state index contributed by atoms with van der Waals surface area (Å²) < 4.78 is 0. The molecule has 0 rings (SSSR count). The first-order valence-electron chi connectivity index (χ1n) is 3.28. The molecule has 0 aliphatic heterocycles. The van der Waals surface area contributed by atoms with Crippen LogP contribution in [0.3, 0.4) is 0 Å². The van der Waals surface area contributed by atoms with Gasteiger partial charge in [-0.05, 0) is 20.3 Å². The quantitative estimate of drug-likeness (QED) is 0.557. The lowest BCUT2D eigenvalue weighted by atomic mass is 10.0. The highest BCUT2D eigenvalue weighted by molar-refractivity contribution is 5.09. The van der Waals surface area contributed by atoms with Gasteiger partial charge in [-0.25, -0.2) is 0 Å². The molecular weight excluding hydrogens is 112 g/mol. The van der Waals surface area contributed by atoms with Crippen LogP contribution in [0.25, 0.3) is 0 Å². The van der Waals surface area contributed by atoms with Crippen molar-refractivity contribution in [2.24, 2.45) is 0 Å². The third-order valence-electron chi connectivity index (χ3n) is 1.13. The molecule has 0 saturated carbocycles. The first-order chi connectivity index (χ1) is 4.12. The molecule has 0 aliphatic rings. The average molecular weight is 126 g/mol. The second kappa shape index (κ2) is 3.53. The van der Waals surface area contributed by atoms with E-state index in [1.807, 2.05) is 6.92 Å². The molecule has 9 heavy (non-hydrogen) atoms. The van der Waals surface area contributed by atoms with E-state index in [1.165, 1.54) is 0 Å². The van der Waals surface area contributed by atoms with Crippen molar-refractivity contribution in [3.63, 3.8) is 0 Å². The molecule has 0 aromatic rings. The Kier molecular flexibility index (Phi) is 3.34. The number of hydrogen-bond acceptors (Lipinski definition) is 1. The number of aliphatic hydroxyl groups is 1. The summed E-state index contributed by atoms with van der Waals surface area (Å²) in [6, 6.07) is 0. The lowest BCUT2D eigenvalue weighted by molar-refractivity contribution is 0.111. The molecule has 1 atom stereocenters. The minimum absolute atomic E-state index is 0.758. The van der Waals surface area contributed by atoms with Gasteiger partial charge < -0.3 is 5.11 Å². The summed E-state index contributed by atoms with van der Waals surface area (Å²) in [4.78, 5) is 0. The van der Waals surface area contributed by atoms with Crippen molar-refractivity contribution in [1.29, 1.82) is 0 Å². The lowest BCUT2D eigenvalue weighted by Crippen LogP contribution is -2.20. The second-order valence-corrected chi connectivity index (χ2v) is 2.40. The predicted molar refractivity (Wildman–Crippen MR) is 39.0 cm³/mol. The highest BCUT2D eigenvalue weighted by Gasteiger charge is 2.13. The van der Waals surface area contributed by atoms with E-state index in [0.29, 0.717) is 0 Å². The Labute approximate surface area is 57.1 Å². The summed E-state index contributed by atoms with van der Waals surface area (Å²) in [5.41, 5.74) is -0.760. The Balaban J connectivity index is 3.80. The maximum absolute atomic E-state index is 9.34. The Morgan fingerprint density at radius 1 is 1.56 bits per heavy atom. The average Bonchev–Trinajstić information content (AvgIpc) is 1.64. The Hall–Kier alpha value is -0.480. The Morgan fingerprint density at radius 2 is 2.11 bits per heavy atom. The molecule has 1 nitrogen and oxygen atoms in total. The topological polar surface area (TPSA) is 20.2 Å². The first-order valence-corrected chi connectivity index (χ1v) is 3.28. The van der Waals surface area contributed by atoms with Gasteiger partial charge in [-0.2, -0.15) is 0 Å². The van der Waals surface area contributed by atoms with E-state index in [0.717, 1.165) is 12.8 Å². The fourth-order valence-corrected chi connectivity index (χ4v) is 0.819. The smallest absolute Gasteiger partial charge is 0.122 e. The molecule has 0 heterocycles. The van der Waals surface area contributed by atoms with Crippen molar-refractivity contribution in [2.75, 3.05) is 0 Å². The second-order valence-electron chi connectivity index (χ2n) is 2.40. The van der Waals surface area contributed by atoms with E-state index in [9.17, 15) is 5.11 Å². The number of rotatable bonds is 2. The monoisotopic (exact) mass is 126 g/mol. The van der Waals surface area contributed by atoms with E-state index in [2.05, 4.69) is 11.8 Å². The first kappa shape index (κ1) is 8.52. The molecule has 0 bridgehead atoms. The number of hydrogen-bond donors (Lipinski definition) is 1. The van der Waals surface area contributed by atoms with Crippen LogP contribution in [-0.4, -0.2) is 10.7 Å². The van der Waals surface area contributed by atoms with Crippen LogP contribution in [0.1, 0.15) is 33.6 Å². The van der Waals surface area contributed by atoms with Gasteiger partial charge in [0.05, 0.1) is 0 Å². The van der Waals surface area contributed by atoms with Crippen LogP contribution in [0.15, 0.2) is 0 Å². The van der Waals surface area contributed by atoms with Gasteiger partial charge in [0.25, 0.3) is 0 Å². The van der Waals surface area contributed by atoms with Crippen molar-refractivity contribution in [1.82, 2.24) is 0 Å². The third-order valence-corrected chi connectivity index (χ3v) is 1.13. The molecule has 52 valence electrons. The van der Waals surface area contributed by atoms with Crippen molar-refractivity contribution in [3.8, 4) is 11.8 Å². The normalized spacial score (nSPS) is 15.6.